The second-order valence-electron chi connectivity index (χ2n) is 5.46. The Hall–Kier alpha value is -2.62. The molecule has 0 saturated carbocycles. The maximum Gasteiger partial charge on any atom is 0.251 e. The van der Waals surface area contributed by atoms with Crippen LogP contribution in [0.15, 0.2) is 48.8 Å². The summed E-state index contributed by atoms with van der Waals surface area (Å²) >= 11 is 0. The van der Waals surface area contributed by atoms with E-state index in [9.17, 15) is 4.79 Å². The Morgan fingerprint density at radius 3 is 2.86 bits per heavy atom. The van der Waals surface area contributed by atoms with Gasteiger partial charge in [-0.2, -0.15) is 0 Å². The number of hydrogen-bond donors (Lipinski definition) is 1. The summed E-state index contributed by atoms with van der Waals surface area (Å²) < 4.78 is 2.02. The summed E-state index contributed by atoms with van der Waals surface area (Å²) in [6, 6.07) is 11.6. The van der Waals surface area contributed by atoms with Crippen molar-refractivity contribution in [3.8, 4) is 0 Å². The van der Waals surface area contributed by atoms with Gasteiger partial charge in [-0.1, -0.05) is 18.2 Å². The number of carbonyl (C=O) groups is 1. The van der Waals surface area contributed by atoms with Gasteiger partial charge in [-0.15, -0.1) is 0 Å². The summed E-state index contributed by atoms with van der Waals surface area (Å²) in [5.74, 6) is -0.0172. The quantitative estimate of drug-likeness (QED) is 0.804. The molecule has 2 heterocycles. The molecule has 0 fully saturated rings. The highest BCUT2D eigenvalue weighted by atomic mass is 16.1. The summed E-state index contributed by atoms with van der Waals surface area (Å²) in [5, 5.41) is 4.14. The molecule has 2 aromatic heterocycles. The molecule has 1 aromatic carbocycles. The second-order valence-corrected chi connectivity index (χ2v) is 5.46. The van der Waals surface area contributed by atoms with Crippen molar-refractivity contribution < 1.29 is 4.79 Å². The van der Waals surface area contributed by atoms with Gasteiger partial charge in [0.15, 0.2) is 0 Å². The minimum absolute atomic E-state index is 0.0172. The Bertz CT molecular complexity index is 820. The Labute approximate surface area is 129 Å². The summed E-state index contributed by atoms with van der Waals surface area (Å²) in [4.78, 5) is 16.6. The Morgan fingerprint density at radius 1 is 1.23 bits per heavy atom. The topological polar surface area (TPSA) is 46.9 Å². The first-order valence-corrected chi connectivity index (χ1v) is 7.39. The predicted octanol–water partition coefficient (Wildman–Crippen LogP) is 2.85. The number of benzene rings is 1. The van der Waals surface area contributed by atoms with Gasteiger partial charge in [0.1, 0.15) is 5.65 Å². The molecule has 0 aliphatic heterocycles. The zero-order chi connectivity index (χ0) is 15.5. The minimum Gasteiger partial charge on any atom is -0.352 e. The number of pyridine rings is 1. The van der Waals surface area contributed by atoms with Crippen LogP contribution in [0, 0.1) is 6.92 Å². The van der Waals surface area contributed by atoms with E-state index < -0.39 is 0 Å². The highest BCUT2D eigenvalue weighted by Gasteiger charge is 2.09. The number of aryl methyl sites for hydroxylation is 2. The van der Waals surface area contributed by atoms with Crippen LogP contribution < -0.4 is 5.32 Å². The van der Waals surface area contributed by atoms with Gasteiger partial charge in [0.05, 0.1) is 0 Å². The normalized spacial score (nSPS) is 10.8. The lowest BCUT2D eigenvalue weighted by Crippen LogP contribution is -2.26. The molecule has 0 atom stereocenters. The zero-order valence-electron chi connectivity index (χ0n) is 12.8. The Kier molecular flexibility index (Phi) is 3.92. The molecule has 3 aromatic rings. The lowest BCUT2D eigenvalue weighted by Gasteiger charge is -2.07. The molecule has 0 aliphatic rings. The summed E-state index contributed by atoms with van der Waals surface area (Å²) in [7, 11) is 1.99. The number of hydrogen-bond acceptors (Lipinski definition) is 2. The molecule has 4 heteroatoms. The van der Waals surface area contributed by atoms with Crippen molar-refractivity contribution in [1.82, 2.24) is 14.9 Å². The van der Waals surface area contributed by atoms with Crippen LogP contribution in [-0.4, -0.2) is 22.0 Å². The highest BCUT2D eigenvalue weighted by molar-refractivity contribution is 5.95. The molecule has 4 nitrogen and oxygen atoms in total. The van der Waals surface area contributed by atoms with Crippen LogP contribution in [0.1, 0.15) is 21.5 Å². The molecule has 0 aliphatic carbocycles. The number of nitrogens with one attached hydrogen (secondary N) is 1. The summed E-state index contributed by atoms with van der Waals surface area (Å²) in [5.41, 5.74) is 3.91. The van der Waals surface area contributed by atoms with Crippen LogP contribution in [0.2, 0.25) is 0 Å². The third-order valence-electron chi connectivity index (χ3n) is 3.89. The molecule has 1 amide bonds. The van der Waals surface area contributed by atoms with Crippen molar-refractivity contribution in [3.05, 3.63) is 65.5 Å². The Morgan fingerprint density at radius 2 is 2.05 bits per heavy atom. The lowest BCUT2D eigenvalue weighted by molar-refractivity contribution is 0.0953. The SMILES string of the molecule is Cc1ccccc1C(=O)NCCc1cn(C)c2ncccc12. The molecule has 3 rings (SSSR count). The van der Waals surface area contributed by atoms with Crippen molar-refractivity contribution >= 4 is 16.9 Å². The molecule has 0 bridgehead atoms. The fourth-order valence-corrected chi connectivity index (χ4v) is 2.73. The van der Waals surface area contributed by atoms with Gasteiger partial charge in [0, 0.05) is 36.9 Å². The van der Waals surface area contributed by atoms with E-state index in [0.29, 0.717) is 6.54 Å². The van der Waals surface area contributed by atoms with E-state index in [4.69, 9.17) is 0 Å². The molecule has 0 spiro atoms. The van der Waals surface area contributed by atoms with Gasteiger partial charge in [-0.25, -0.2) is 4.98 Å². The number of aromatic nitrogens is 2. The maximum absolute atomic E-state index is 12.2. The number of carbonyl (C=O) groups excluding carboxylic acids is 1. The number of fused-ring (bicyclic) bond motifs is 1. The molecule has 0 unspecified atom stereocenters. The lowest BCUT2D eigenvalue weighted by atomic mass is 10.1. The van der Waals surface area contributed by atoms with Gasteiger partial charge in [0.2, 0.25) is 0 Å². The average Bonchev–Trinajstić information content (AvgIpc) is 2.85. The molecular weight excluding hydrogens is 274 g/mol. The fourth-order valence-electron chi connectivity index (χ4n) is 2.73. The monoisotopic (exact) mass is 293 g/mol. The highest BCUT2D eigenvalue weighted by Crippen LogP contribution is 2.18. The van der Waals surface area contributed by atoms with E-state index in [1.54, 1.807) is 6.20 Å². The minimum atomic E-state index is -0.0172. The number of rotatable bonds is 4. The van der Waals surface area contributed by atoms with E-state index in [2.05, 4.69) is 22.6 Å². The van der Waals surface area contributed by atoms with Crippen LogP contribution >= 0.6 is 0 Å². The standard InChI is InChI=1S/C18H19N3O/c1-13-6-3-4-7-15(13)18(22)20-11-9-14-12-21(2)17-16(14)8-5-10-19-17/h3-8,10,12H,9,11H2,1-2H3,(H,20,22). The van der Waals surface area contributed by atoms with Crippen LogP contribution in [0.25, 0.3) is 11.0 Å². The van der Waals surface area contributed by atoms with E-state index in [-0.39, 0.29) is 5.91 Å². The number of amides is 1. The van der Waals surface area contributed by atoms with Crippen molar-refractivity contribution in [2.75, 3.05) is 6.54 Å². The van der Waals surface area contributed by atoms with Crippen molar-refractivity contribution in [3.63, 3.8) is 0 Å². The largest absolute Gasteiger partial charge is 0.352 e. The third-order valence-corrected chi connectivity index (χ3v) is 3.89. The molecule has 0 saturated heterocycles. The molecular formula is C18H19N3O. The van der Waals surface area contributed by atoms with Crippen molar-refractivity contribution in [2.24, 2.45) is 7.05 Å². The van der Waals surface area contributed by atoms with E-state index in [0.717, 1.165) is 28.6 Å². The first-order valence-electron chi connectivity index (χ1n) is 7.39. The average molecular weight is 293 g/mol. The van der Waals surface area contributed by atoms with E-state index >= 15 is 0 Å². The third kappa shape index (κ3) is 2.72. The van der Waals surface area contributed by atoms with Crippen molar-refractivity contribution in [1.29, 1.82) is 0 Å². The van der Waals surface area contributed by atoms with Gasteiger partial charge in [-0.05, 0) is 42.7 Å². The van der Waals surface area contributed by atoms with Crippen molar-refractivity contribution in [2.45, 2.75) is 13.3 Å². The molecule has 0 radical (unpaired) electrons. The molecule has 112 valence electrons. The molecule has 1 N–H and O–H groups in total. The predicted molar refractivity (Wildman–Crippen MR) is 87.9 cm³/mol. The van der Waals surface area contributed by atoms with Crippen LogP contribution in [0.3, 0.4) is 0 Å². The van der Waals surface area contributed by atoms with Crippen LogP contribution in [0.5, 0.6) is 0 Å². The van der Waals surface area contributed by atoms with Gasteiger partial charge < -0.3 is 9.88 Å². The first-order chi connectivity index (χ1) is 10.7. The summed E-state index contributed by atoms with van der Waals surface area (Å²) in [6.45, 7) is 2.56. The summed E-state index contributed by atoms with van der Waals surface area (Å²) in [6.07, 6.45) is 4.67. The molecule has 22 heavy (non-hydrogen) atoms. The smallest absolute Gasteiger partial charge is 0.251 e. The van der Waals surface area contributed by atoms with Crippen LogP contribution in [-0.2, 0) is 13.5 Å². The first kappa shape index (κ1) is 14.3. The Balaban J connectivity index is 1.68. The van der Waals surface area contributed by atoms with Crippen LogP contribution in [0.4, 0.5) is 0 Å². The van der Waals surface area contributed by atoms with Gasteiger partial charge in [-0.3, -0.25) is 4.79 Å². The fraction of sp³-hybridized carbons (Fsp3) is 0.222. The maximum atomic E-state index is 12.2. The number of nitrogens with zero attached hydrogens (tertiary/aromatic N) is 2. The van der Waals surface area contributed by atoms with E-state index in [1.165, 1.54) is 5.56 Å². The van der Waals surface area contributed by atoms with E-state index in [1.807, 2.05) is 48.9 Å². The van der Waals surface area contributed by atoms with Gasteiger partial charge >= 0.3 is 0 Å². The zero-order valence-corrected chi connectivity index (χ0v) is 12.8. The van der Waals surface area contributed by atoms with Gasteiger partial charge in [0.25, 0.3) is 5.91 Å². The second kappa shape index (κ2) is 6.02.